The molecule has 0 unspecified atom stereocenters. The molecule has 2 aliphatic rings. The van der Waals surface area contributed by atoms with Gasteiger partial charge in [-0.15, -0.1) is 0 Å². The third-order valence-electron chi connectivity index (χ3n) is 5.97. The van der Waals surface area contributed by atoms with Gasteiger partial charge in [0.05, 0.1) is 5.56 Å². The summed E-state index contributed by atoms with van der Waals surface area (Å²) < 4.78 is 3.90. The van der Waals surface area contributed by atoms with E-state index >= 15 is 0 Å². The fourth-order valence-corrected chi connectivity index (χ4v) is 4.65. The molecule has 2 aliphatic heterocycles. The van der Waals surface area contributed by atoms with Crippen LogP contribution in [0.3, 0.4) is 0 Å². The standard InChI is InChI=1S/C20H19N7O/c28-20-15(2-4-18-13-7-12(9-21-10-13)11-27(18)20)19-22-5-6-26(19)14-1-3-16-17(8-14)24-25-23-16/h1-6,8,12-13,21H,7,9-11H2,(H,23,24,25)/t12-,13+/m0/s1. The van der Waals surface area contributed by atoms with E-state index in [0.29, 0.717) is 23.2 Å². The van der Waals surface area contributed by atoms with Crippen molar-refractivity contribution in [2.24, 2.45) is 5.92 Å². The lowest BCUT2D eigenvalue weighted by molar-refractivity contribution is 0.257. The van der Waals surface area contributed by atoms with Crippen LogP contribution in [0.5, 0.6) is 0 Å². The lowest BCUT2D eigenvalue weighted by Crippen LogP contribution is -2.45. The molecule has 1 fully saturated rings. The van der Waals surface area contributed by atoms with Crippen LogP contribution in [0.4, 0.5) is 0 Å². The van der Waals surface area contributed by atoms with E-state index in [0.717, 1.165) is 48.5 Å². The quantitative estimate of drug-likeness (QED) is 0.558. The fourth-order valence-electron chi connectivity index (χ4n) is 4.65. The third-order valence-corrected chi connectivity index (χ3v) is 5.97. The highest BCUT2D eigenvalue weighted by molar-refractivity contribution is 5.76. The molecule has 28 heavy (non-hydrogen) atoms. The number of hydrogen-bond acceptors (Lipinski definition) is 5. The minimum absolute atomic E-state index is 0.0454. The van der Waals surface area contributed by atoms with E-state index in [-0.39, 0.29) is 5.56 Å². The summed E-state index contributed by atoms with van der Waals surface area (Å²) in [6.45, 7) is 2.71. The number of fused-ring (bicyclic) bond motifs is 5. The second-order valence-corrected chi connectivity index (χ2v) is 7.66. The number of imidazole rings is 1. The lowest BCUT2D eigenvalue weighted by Gasteiger charge is -2.37. The van der Waals surface area contributed by atoms with Crippen molar-refractivity contribution >= 4 is 11.0 Å². The van der Waals surface area contributed by atoms with Gasteiger partial charge in [-0.25, -0.2) is 4.98 Å². The molecular weight excluding hydrogens is 354 g/mol. The number of nitrogens with zero attached hydrogens (tertiary/aromatic N) is 5. The number of pyridine rings is 1. The molecule has 8 heteroatoms. The smallest absolute Gasteiger partial charge is 0.261 e. The predicted octanol–water partition coefficient (Wildman–Crippen LogP) is 1.68. The maximum atomic E-state index is 13.4. The number of rotatable bonds is 2. The van der Waals surface area contributed by atoms with Crippen molar-refractivity contribution in [1.82, 2.24) is 34.8 Å². The zero-order chi connectivity index (χ0) is 18.7. The van der Waals surface area contributed by atoms with Gasteiger partial charge in [0.2, 0.25) is 0 Å². The fraction of sp³-hybridized carbons (Fsp3) is 0.300. The number of aromatic amines is 1. The van der Waals surface area contributed by atoms with Crippen molar-refractivity contribution < 1.29 is 0 Å². The van der Waals surface area contributed by atoms with Crippen LogP contribution in [0.25, 0.3) is 28.1 Å². The number of nitrogens with one attached hydrogen (secondary N) is 2. The van der Waals surface area contributed by atoms with Gasteiger partial charge in [-0.05, 0) is 49.2 Å². The van der Waals surface area contributed by atoms with E-state index in [1.165, 1.54) is 0 Å². The van der Waals surface area contributed by atoms with E-state index in [2.05, 4.69) is 31.8 Å². The Labute approximate surface area is 160 Å². The molecule has 2 bridgehead atoms. The van der Waals surface area contributed by atoms with Crippen LogP contribution in [-0.2, 0) is 6.54 Å². The normalized spacial score (nSPS) is 21.0. The summed E-state index contributed by atoms with van der Waals surface area (Å²) in [6, 6.07) is 9.84. The number of hydrogen-bond donors (Lipinski definition) is 2. The molecule has 0 amide bonds. The molecule has 5 heterocycles. The minimum Gasteiger partial charge on any atom is -0.316 e. The minimum atomic E-state index is 0.0454. The Balaban J connectivity index is 1.49. The molecule has 1 aromatic carbocycles. The Morgan fingerprint density at radius 2 is 2.00 bits per heavy atom. The van der Waals surface area contributed by atoms with Crippen molar-refractivity contribution in [2.45, 2.75) is 18.9 Å². The molecule has 0 radical (unpaired) electrons. The zero-order valence-corrected chi connectivity index (χ0v) is 15.2. The van der Waals surface area contributed by atoms with E-state index in [4.69, 9.17) is 0 Å². The highest BCUT2D eigenvalue weighted by Crippen LogP contribution is 2.32. The number of benzene rings is 1. The highest BCUT2D eigenvalue weighted by atomic mass is 16.1. The predicted molar refractivity (Wildman–Crippen MR) is 104 cm³/mol. The molecule has 2 atom stereocenters. The van der Waals surface area contributed by atoms with Crippen LogP contribution in [0.1, 0.15) is 18.0 Å². The first-order chi connectivity index (χ1) is 13.8. The van der Waals surface area contributed by atoms with Gasteiger partial charge in [-0.1, -0.05) is 0 Å². The summed E-state index contributed by atoms with van der Waals surface area (Å²) in [6.07, 6.45) is 4.77. The molecule has 8 nitrogen and oxygen atoms in total. The lowest BCUT2D eigenvalue weighted by atomic mass is 9.84. The molecule has 140 valence electrons. The van der Waals surface area contributed by atoms with Gasteiger partial charge in [0.1, 0.15) is 16.9 Å². The summed E-state index contributed by atoms with van der Waals surface area (Å²) in [7, 11) is 0. The van der Waals surface area contributed by atoms with Crippen LogP contribution in [-0.4, -0.2) is 42.6 Å². The summed E-state index contributed by atoms with van der Waals surface area (Å²) >= 11 is 0. The summed E-state index contributed by atoms with van der Waals surface area (Å²) in [5.74, 6) is 1.59. The first kappa shape index (κ1) is 15.8. The van der Waals surface area contributed by atoms with Crippen LogP contribution in [0.15, 0.2) is 47.5 Å². The Kier molecular flexibility index (Phi) is 3.30. The van der Waals surface area contributed by atoms with E-state index < -0.39 is 0 Å². The van der Waals surface area contributed by atoms with Gasteiger partial charge in [-0.3, -0.25) is 9.36 Å². The van der Waals surface area contributed by atoms with Crippen molar-refractivity contribution in [3.05, 3.63) is 58.8 Å². The molecule has 0 aliphatic carbocycles. The largest absolute Gasteiger partial charge is 0.316 e. The van der Waals surface area contributed by atoms with Crippen molar-refractivity contribution in [1.29, 1.82) is 0 Å². The van der Waals surface area contributed by atoms with E-state index in [1.807, 2.05) is 39.6 Å². The zero-order valence-electron chi connectivity index (χ0n) is 15.2. The first-order valence-electron chi connectivity index (χ1n) is 9.57. The average molecular weight is 373 g/mol. The SMILES string of the molecule is O=c1c(-c2nccn2-c2ccc3n[nH]nc3c2)ccc2n1C[C@@H]1CNC[C@H]2C1. The molecule has 0 saturated carbocycles. The van der Waals surface area contributed by atoms with E-state index in [1.54, 1.807) is 6.20 Å². The van der Waals surface area contributed by atoms with Crippen LogP contribution >= 0.6 is 0 Å². The van der Waals surface area contributed by atoms with Crippen molar-refractivity contribution in [3.63, 3.8) is 0 Å². The maximum Gasteiger partial charge on any atom is 0.261 e. The van der Waals surface area contributed by atoms with Gasteiger partial charge in [0.15, 0.2) is 0 Å². The monoisotopic (exact) mass is 373 g/mol. The average Bonchev–Trinajstić information content (AvgIpc) is 3.38. The molecule has 3 aromatic heterocycles. The Bertz CT molecular complexity index is 1250. The molecule has 0 spiro atoms. The summed E-state index contributed by atoms with van der Waals surface area (Å²) in [5, 5.41) is 14.4. The Morgan fingerprint density at radius 1 is 1.07 bits per heavy atom. The van der Waals surface area contributed by atoms with Crippen LogP contribution in [0.2, 0.25) is 0 Å². The molecule has 2 N–H and O–H groups in total. The van der Waals surface area contributed by atoms with Crippen LogP contribution in [0, 0.1) is 5.92 Å². The second-order valence-electron chi connectivity index (χ2n) is 7.66. The number of piperidine rings is 1. The molecular formula is C20H19N7O. The van der Waals surface area contributed by atoms with Crippen LogP contribution < -0.4 is 10.9 Å². The summed E-state index contributed by atoms with van der Waals surface area (Å²) in [5.41, 5.74) is 4.29. The van der Waals surface area contributed by atoms with E-state index in [9.17, 15) is 4.79 Å². The maximum absolute atomic E-state index is 13.4. The third kappa shape index (κ3) is 2.27. The molecule has 4 aromatic rings. The van der Waals surface area contributed by atoms with Gasteiger partial charge in [0.25, 0.3) is 5.56 Å². The van der Waals surface area contributed by atoms with Gasteiger partial charge in [0, 0.05) is 42.8 Å². The van der Waals surface area contributed by atoms with Crippen molar-refractivity contribution in [2.75, 3.05) is 13.1 Å². The molecule has 6 rings (SSSR count). The Morgan fingerprint density at radius 3 is 2.96 bits per heavy atom. The summed E-state index contributed by atoms with van der Waals surface area (Å²) in [4.78, 5) is 17.9. The highest BCUT2D eigenvalue weighted by Gasteiger charge is 2.31. The van der Waals surface area contributed by atoms with Gasteiger partial charge < -0.3 is 9.88 Å². The Hall–Kier alpha value is -3.26. The first-order valence-corrected chi connectivity index (χ1v) is 9.57. The molecule has 1 saturated heterocycles. The van der Waals surface area contributed by atoms with Gasteiger partial charge in [-0.2, -0.15) is 15.4 Å². The number of H-pyrrole nitrogens is 1. The second kappa shape index (κ2) is 5.87. The topological polar surface area (TPSA) is 93.4 Å². The van der Waals surface area contributed by atoms with Gasteiger partial charge >= 0.3 is 0 Å². The number of aromatic nitrogens is 6. The van der Waals surface area contributed by atoms with Crippen molar-refractivity contribution in [3.8, 4) is 17.1 Å².